The third-order valence-corrected chi connectivity index (χ3v) is 9.99. The van der Waals surface area contributed by atoms with Crippen LogP contribution in [0.5, 0.6) is 17.2 Å². The van der Waals surface area contributed by atoms with E-state index in [1.165, 1.54) is 0 Å². The van der Waals surface area contributed by atoms with Gasteiger partial charge in [0, 0.05) is 29.5 Å². The molecule has 0 unspecified atom stereocenters. The molecule has 0 aliphatic heterocycles. The first-order chi connectivity index (χ1) is 26.1. The number of aromatic nitrogens is 2. The van der Waals surface area contributed by atoms with Crippen LogP contribution >= 0.6 is 22.9 Å². The number of nitrogens with one attached hydrogen (secondary N) is 1. The van der Waals surface area contributed by atoms with Gasteiger partial charge in [-0.05, 0) is 48.0 Å². The lowest BCUT2D eigenvalue weighted by Crippen LogP contribution is -2.14. The maximum atomic E-state index is 12.2. The minimum atomic E-state index is -0.868. The lowest BCUT2D eigenvalue weighted by atomic mass is 10.0. The van der Waals surface area contributed by atoms with Gasteiger partial charge in [0.05, 0.1) is 45.8 Å². The van der Waals surface area contributed by atoms with Gasteiger partial charge in [-0.25, -0.2) is 19.6 Å². The van der Waals surface area contributed by atoms with Crippen molar-refractivity contribution in [1.29, 1.82) is 0 Å². The van der Waals surface area contributed by atoms with Crippen molar-refractivity contribution >= 4 is 77.0 Å². The molecule has 0 amide bonds. The standard InChI is InChI=1S/C21H18ClN3O3S.C19H12O6/c1-28-15-7-6-12(10-14(15)22)11-23-20-19-13-4-2-3-5-16(13)29-21(19)25-17(24-20)8-9-18(26)27;20-16-10-5-1-3-7-14(10)24-18(22)12(16)9-13-17(21)11-6-2-4-8-15(11)25-19(13)23/h2-7,10H,8-9,11H2,1H3,(H,26,27)(H,23,24,25);1-8,20-21H,9H2. The topological polar surface area (TPSA) is 185 Å². The lowest BCUT2D eigenvalue weighted by Gasteiger charge is -2.11. The van der Waals surface area contributed by atoms with Gasteiger partial charge in [0.15, 0.2) is 0 Å². The summed E-state index contributed by atoms with van der Waals surface area (Å²) in [5.41, 5.74) is -0.319. The zero-order valence-electron chi connectivity index (χ0n) is 28.5. The summed E-state index contributed by atoms with van der Waals surface area (Å²) in [5.74, 6) is 0.408. The van der Waals surface area contributed by atoms with Gasteiger partial charge in [-0.15, -0.1) is 11.3 Å². The highest BCUT2D eigenvalue weighted by atomic mass is 35.5. The average molecular weight is 764 g/mol. The number of anilines is 1. The van der Waals surface area contributed by atoms with Crippen molar-refractivity contribution in [1.82, 2.24) is 9.97 Å². The van der Waals surface area contributed by atoms with Gasteiger partial charge in [0.25, 0.3) is 0 Å². The maximum Gasteiger partial charge on any atom is 0.343 e. The van der Waals surface area contributed by atoms with Crippen molar-refractivity contribution in [2.24, 2.45) is 0 Å². The molecule has 0 spiro atoms. The monoisotopic (exact) mass is 763 g/mol. The molecule has 0 radical (unpaired) electrons. The number of thiophene rings is 1. The molecule has 4 aromatic carbocycles. The number of fused-ring (bicyclic) bond motifs is 5. The van der Waals surface area contributed by atoms with Crippen LogP contribution in [0.4, 0.5) is 5.82 Å². The van der Waals surface area contributed by atoms with Crippen LogP contribution in [0, 0.1) is 0 Å². The highest BCUT2D eigenvalue weighted by Crippen LogP contribution is 2.37. The number of para-hydroxylation sites is 2. The molecule has 0 bridgehead atoms. The fraction of sp³-hybridized carbons (Fsp3) is 0.125. The number of aliphatic carboxylic acids is 1. The minimum Gasteiger partial charge on any atom is -0.507 e. The van der Waals surface area contributed by atoms with E-state index in [2.05, 4.69) is 15.3 Å². The molecule has 4 heterocycles. The summed E-state index contributed by atoms with van der Waals surface area (Å²) >= 11 is 7.81. The summed E-state index contributed by atoms with van der Waals surface area (Å²) in [7, 11) is 1.58. The first-order valence-corrected chi connectivity index (χ1v) is 17.7. The molecule has 0 fully saturated rings. The van der Waals surface area contributed by atoms with Gasteiger partial charge in [0.2, 0.25) is 0 Å². The Labute approximate surface area is 314 Å². The van der Waals surface area contributed by atoms with Crippen LogP contribution in [0.3, 0.4) is 0 Å². The second kappa shape index (κ2) is 15.3. The van der Waals surface area contributed by atoms with Crippen LogP contribution in [0.15, 0.2) is 109 Å². The predicted octanol–water partition coefficient (Wildman–Crippen LogP) is 8.04. The van der Waals surface area contributed by atoms with Crippen LogP contribution in [0.25, 0.3) is 42.2 Å². The highest BCUT2D eigenvalue weighted by molar-refractivity contribution is 7.25. The lowest BCUT2D eigenvalue weighted by molar-refractivity contribution is -0.137. The van der Waals surface area contributed by atoms with Gasteiger partial charge in [-0.2, -0.15) is 0 Å². The van der Waals surface area contributed by atoms with E-state index in [9.17, 15) is 24.6 Å². The maximum absolute atomic E-state index is 12.2. The Morgan fingerprint density at radius 3 is 2.02 bits per heavy atom. The Hall–Kier alpha value is -6.44. The van der Waals surface area contributed by atoms with E-state index in [4.69, 9.17) is 30.3 Å². The first kappa shape index (κ1) is 35.9. The van der Waals surface area contributed by atoms with Crippen molar-refractivity contribution in [3.05, 3.63) is 139 Å². The molecular formula is C40H30ClN3O9S. The quantitative estimate of drug-likeness (QED) is 0.104. The number of hydrogen-bond acceptors (Lipinski definition) is 12. The van der Waals surface area contributed by atoms with Crippen molar-refractivity contribution in [2.75, 3.05) is 12.4 Å². The number of aromatic hydroxyl groups is 2. The van der Waals surface area contributed by atoms with Crippen molar-refractivity contribution in [2.45, 2.75) is 25.8 Å². The molecule has 0 saturated carbocycles. The molecule has 0 aliphatic carbocycles. The van der Waals surface area contributed by atoms with E-state index in [0.717, 1.165) is 25.9 Å². The van der Waals surface area contributed by atoms with Gasteiger partial charge in [0.1, 0.15) is 44.9 Å². The van der Waals surface area contributed by atoms with Crippen LogP contribution in [-0.4, -0.2) is 38.4 Å². The number of carbonyl (C=O) groups is 1. The van der Waals surface area contributed by atoms with Crippen LogP contribution in [0.2, 0.25) is 5.02 Å². The molecule has 4 N–H and O–H groups in total. The first-order valence-electron chi connectivity index (χ1n) is 16.5. The van der Waals surface area contributed by atoms with E-state index < -0.39 is 17.2 Å². The summed E-state index contributed by atoms with van der Waals surface area (Å²) in [6.07, 6.45) is -0.0372. The van der Waals surface area contributed by atoms with Gasteiger partial charge >= 0.3 is 17.2 Å². The number of carboxylic acids is 1. The molecule has 0 atom stereocenters. The Morgan fingerprint density at radius 1 is 0.833 bits per heavy atom. The number of rotatable bonds is 9. The second-order valence-corrected chi connectivity index (χ2v) is 13.5. The third kappa shape index (κ3) is 7.27. The third-order valence-electron chi connectivity index (χ3n) is 8.63. The minimum absolute atomic E-state index is 0.00999. The van der Waals surface area contributed by atoms with Crippen LogP contribution in [-0.2, 0) is 24.2 Å². The molecule has 0 aliphatic rings. The zero-order valence-corrected chi connectivity index (χ0v) is 30.0. The molecule has 54 heavy (non-hydrogen) atoms. The summed E-state index contributed by atoms with van der Waals surface area (Å²) in [6, 6.07) is 26.7. The van der Waals surface area contributed by atoms with Crippen molar-refractivity contribution < 1.29 is 33.7 Å². The van der Waals surface area contributed by atoms with Crippen LogP contribution < -0.4 is 21.3 Å². The fourth-order valence-corrected chi connectivity index (χ4v) is 7.34. The summed E-state index contributed by atoms with van der Waals surface area (Å²) < 4.78 is 16.7. The van der Waals surface area contributed by atoms with Crippen LogP contribution in [0.1, 0.15) is 28.9 Å². The largest absolute Gasteiger partial charge is 0.507 e. The SMILES string of the molecule is COc1ccc(CNc2nc(CCC(=O)O)nc3sc4ccccc4c23)cc1Cl.O=c1oc2ccccc2c(O)c1Cc1c(O)c2ccccc2oc1=O. The van der Waals surface area contributed by atoms with Gasteiger partial charge in [-0.3, -0.25) is 4.79 Å². The van der Waals surface area contributed by atoms with Gasteiger partial charge in [-0.1, -0.05) is 60.1 Å². The molecule has 8 aromatic rings. The molecule has 272 valence electrons. The Morgan fingerprint density at radius 2 is 1.43 bits per heavy atom. The zero-order chi connectivity index (χ0) is 37.9. The Bertz CT molecular complexity index is 2740. The summed E-state index contributed by atoms with van der Waals surface area (Å²) in [5, 5.41) is 36.5. The van der Waals surface area contributed by atoms with Gasteiger partial charge < -0.3 is 34.2 Å². The normalized spacial score (nSPS) is 11.1. The fourth-order valence-electron chi connectivity index (χ4n) is 5.96. The smallest absolute Gasteiger partial charge is 0.343 e. The number of aryl methyl sites for hydroxylation is 1. The number of benzene rings is 4. The summed E-state index contributed by atoms with van der Waals surface area (Å²) in [4.78, 5) is 45.5. The number of carboxylic acid groups (broad SMARTS) is 1. The second-order valence-electron chi connectivity index (χ2n) is 12.1. The van der Waals surface area contributed by atoms with Crippen molar-refractivity contribution in [3.63, 3.8) is 0 Å². The highest BCUT2D eigenvalue weighted by Gasteiger charge is 2.21. The molecule has 12 nitrogen and oxygen atoms in total. The molecular weight excluding hydrogens is 734 g/mol. The average Bonchev–Trinajstić information content (AvgIpc) is 3.55. The number of hydrogen-bond donors (Lipinski definition) is 4. The molecule has 8 rings (SSSR count). The Kier molecular flexibility index (Phi) is 10.2. The Balaban J connectivity index is 0.000000168. The molecule has 14 heteroatoms. The number of methoxy groups -OCH3 is 1. The number of halogens is 1. The van der Waals surface area contributed by atoms with E-state index in [1.54, 1.807) is 67.0 Å². The number of ether oxygens (including phenoxy) is 1. The van der Waals surface area contributed by atoms with E-state index >= 15 is 0 Å². The van der Waals surface area contributed by atoms with E-state index in [0.29, 0.717) is 39.7 Å². The van der Waals surface area contributed by atoms with Crippen molar-refractivity contribution in [3.8, 4) is 17.2 Å². The molecule has 4 aromatic heterocycles. The van der Waals surface area contributed by atoms with E-state index in [-0.39, 0.29) is 53.1 Å². The number of nitrogens with zero attached hydrogens (tertiary/aromatic N) is 2. The van der Waals surface area contributed by atoms with E-state index in [1.807, 2.05) is 42.5 Å². The summed E-state index contributed by atoms with van der Waals surface area (Å²) in [6.45, 7) is 0.512. The molecule has 0 saturated heterocycles. The predicted molar refractivity (Wildman–Crippen MR) is 207 cm³/mol.